The van der Waals surface area contributed by atoms with E-state index in [9.17, 15) is 0 Å². The fraction of sp³-hybridized carbons (Fsp3) is 0.423. The Kier molecular flexibility index (Phi) is 5.52. The van der Waals surface area contributed by atoms with Gasteiger partial charge in [0.05, 0.1) is 17.4 Å². The van der Waals surface area contributed by atoms with E-state index < -0.39 is 0 Å². The van der Waals surface area contributed by atoms with Crippen molar-refractivity contribution in [2.75, 3.05) is 19.8 Å². The van der Waals surface area contributed by atoms with E-state index in [0.29, 0.717) is 11.1 Å². The van der Waals surface area contributed by atoms with Gasteiger partial charge in [-0.3, -0.25) is 4.98 Å². The molecule has 6 nitrogen and oxygen atoms in total. The van der Waals surface area contributed by atoms with Crippen LogP contribution < -0.4 is 0 Å². The number of hydrogen-bond donors (Lipinski definition) is 0. The average Bonchev–Trinajstić information content (AvgIpc) is 3.27. The Morgan fingerprint density at radius 1 is 1.03 bits per heavy atom. The third-order valence-corrected chi connectivity index (χ3v) is 7.21. The van der Waals surface area contributed by atoms with Crippen molar-refractivity contribution >= 4 is 33.3 Å². The summed E-state index contributed by atoms with van der Waals surface area (Å²) in [6.45, 7) is 4.31. The Hall–Kier alpha value is -2.54. The molecule has 3 aromatic heterocycles. The van der Waals surface area contributed by atoms with Crippen LogP contribution in [0.3, 0.4) is 0 Å². The van der Waals surface area contributed by atoms with Crippen LogP contribution in [0.4, 0.5) is 0 Å². The number of fused-ring (bicyclic) bond motifs is 2. The molecule has 0 saturated carbocycles. The number of aromatic nitrogens is 4. The molecular weight excluding hydrogens is 436 g/mol. The van der Waals surface area contributed by atoms with Gasteiger partial charge in [-0.15, -0.1) is 0 Å². The zero-order chi connectivity index (χ0) is 22.4. The highest BCUT2D eigenvalue weighted by molar-refractivity contribution is 6.35. The number of nitrogens with zero attached hydrogens (tertiary/aromatic N) is 4. The minimum atomic E-state index is -0.0238. The molecule has 1 unspecified atom stereocenters. The fourth-order valence-corrected chi connectivity index (χ4v) is 5.50. The Labute approximate surface area is 197 Å². The molecule has 5 heterocycles. The largest absolute Gasteiger partial charge is 0.381 e. The normalized spacial score (nSPS) is 20.0. The van der Waals surface area contributed by atoms with Crippen molar-refractivity contribution in [3.05, 3.63) is 53.2 Å². The lowest BCUT2D eigenvalue weighted by Gasteiger charge is -2.25. The Morgan fingerprint density at radius 2 is 1.91 bits per heavy atom. The second kappa shape index (κ2) is 8.67. The summed E-state index contributed by atoms with van der Waals surface area (Å²) < 4.78 is 13.6. The zero-order valence-electron chi connectivity index (χ0n) is 18.8. The number of hydrogen-bond acceptors (Lipinski definition) is 5. The minimum absolute atomic E-state index is 0.0238. The van der Waals surface area contributed by atoms with E-state index in [-0.39, 0.29) is 6.23 Å². The van der Waals surface area contributed by atoms with Crippen molar-refractivity contribution in [3.8, 4) is 11.1 Å². The number of aryl methyl sites for hydroxylation is 1. The van der Waals surface area contributed by atoms with Crippen molar-refractivity contribution in [1.82, 2.24) is 19.7 Å². The Bertz CT molecular complexity index is 1320. The Balaban J connectivity index is 1.60. The third-order valence-electron chi connectivity index (χ3n) is 6.92. The summed E-state index contributed by atoms with van der Waals surface area (Å²) in [4.78, 5) is 9.41. The fourth-order valence-electron chi connectivity index (χ4n) is 5.25. The summed E-state index contributed by atoms with van der Waals surface area (Å²) in [5.74, 6) is 0.318. The average molecular weight is 463 g/mol. The van der Waals surface area contributed by atoms with E-state index >= 15 is 0 Å². The molecule has 1 atom stereocenters. The maximum Gasteiger partial charge on any atom is 0.150 e. The molecule has 1 aromatic carbocycles. The van der Waals surface area contributed by atoms with Crippen LogP contribution in [-0.2, 0) is 9.47 Å². The van der Waals surface area contributed by atoms with Crippen LogP contribution in [0.25, 0.3) is 32.8 Å². The molecule has 2 fully saturated rings. The van der Waals surface area contributed by atoms with Gasteiger partial charge in [-0.05, 0) is 74.2 Å². The monoisotopic (exact) mass is 462 g/mol. The predicted octanol–water partition coefficient (Wildman–Crippen LogP) is 6.20. The number of pyridine rings is 2. The van der Waals surface area contributed by atoms with E-state index in [4.69, 9.17) is 31.2 Å². The first-order valence-electron chi connectivity index (χ1n) is 11.8. The second-order valence-corrected chi connectivity index (χ2v) is 9.46. The summed E-state index contributed by atoms with van der Waals surface area (Å²) in [5.41, 5.74) is 5.35. The molecule has 0 bridgehead atoms. The van der Waals surface area contributed by atoms with E-state index in [0.717, 1.165) is 96.1 Å². The van der Waals surface area contributed by atoms with Gasteiger partial charge in [-0.2, -0.15) is 5.10 Å². The van der Waals surface area contributed by atoms with Gasteiger partial charge in [0.25, 0.3) is 0 Å². The molecule has 6 rings (SSSR count). The molecule has 0 aliphatic carbocycles. The maximum atomic E-state index is 6.86. The molecule has 2 saturated heterocycles. The molecule has 7 heteroatoms. The first-order chi connectivity index (χ1) is 16.2. The second-order valence-electron chi connectivity index (χ2n) is 9.10. The SMILES string of the molecule is Cc1cc(-c2c(C3CCOCC3)nc(Cl)c3cc4c(cnn4C4CCCCO4)cc23)ccn1. The van der Waals surface area contributed by atoms with Crippen LogP contribution in [0.15, 0.2) is 36.7 Å². The van der Waals surface area contributed by atoms with Crippen molar-refractivity contribution in [2.45, 2.75) is 51.2 Å². The molecule has 0 radical (unpaired) electrons. The summed E-state index contributed by atoms with van der Waals surface area (Å²) in [6, 6.07) is 8.56. The van der Waals surface area contributed by atoms with Gasteiger partial charge in [0.15, 0.2) is 6.23 Å². The maximum absolute atomic E-state index is 6.86. The van der Waals surface area contributed by atoms with Gasteiger partial charge in [-0.1, -0.05) is 11.6 Å². The van der Waals surface area contributed by atoms with Crippen LogP contribution in [0.5, 0.6) is 0 Å². The van der Waals surface area contributed by atoms with Gasteiger partial charge < -0.3 is 9.47 Å². The lowest BCUT2D eigenvalue weighted by atomic mass is 9.87. The van der Waals surface area contributed by atoms with Gasteiger partial charge in [0, 0.05) is 54.0 Å². The van der Waals surface area contributed by atoms with Crippen LogP contribution >= 0.6 is 11.6 Å². The first-order valence-corrected chi connectivity index (χ1v) is 12.2. The van der Waals surface area contributed by atoms with Crippen molar-refractivity contribution in [3.63, 3.8) is 0 Å². The lowest BCUT2D eigenvalue weighted by Crippen LogP contribution is -2.19. The van der Waals surface area contributed by atoms with Gasteiger partial charge in [0.2, 0.25) is 0 Å². The van der Waals surface area contributed by atoms with Crippen LogP contribution in [0.1, 0.15) is 55.6 Å². The number of rotatable bonds is 3. The molecular formula is C26H27ClN4O2. The molecule has 2 aliphatic rings. The van der Waals surface area contributed by atoms with Gasteiger partial charge >= 0.3 is 0 Å². The van der Waals surface area contributed by atoms with E-state index in [2.05, 4.69) is 29.2 Å². The molecule has 33 heavy (non-hydrogen) atoms. The lowest BCUT2D eigenvalue weighted by molar-refractivity contribution is -0.0366. The molecule has 0 N–H and O–H groups in total. The number of halogens is 1. The predicted molar refractivity (Wildman–Crippen MR) is 130 cm³/mol. The molecule has 4 aromatic rings. The molecule has 170 valence electrons. The highest BCUT2D eigenvalue weighted by Crippen LogP contribution is 2.42. The first kappa shape index (κ1) is 21.0. The zero-order valence-corrected chi connectivity index (χ0v) is 19.5. The van der Waals surface area contributed by atoms with E-state index in [1.807, 2.05) is 24.0 Å². The third kappa shape index (κ3) is 3.80. The van der Waals surface area contributed by atoms with E-state index in [1.54, 1.807) is 0 Å². The van der Waals surface area contributed by atoms with Gasteiger partial charge in [-0.25, -0.2) is 9.67 Å². The molecule has 2 aliphatic heterocycles. The standard InChI is InChI=1S/C26H27ClN4O2/c1-16-12-18(5-8-28-16)24-20-13-19-15-29-31(23-4-2-3-9-33-23)22(19)14-21(20)26(27)30-25(24)17-6-10-32-11-7-17/h5,8,12-15,17,23H,2-4,6-7,9-11H2,1H3. The molecule has 0 amide bonds. The summed E-state index contributed by atoms with van der Waals surface area (Å²) >= 11 is 6.86. The smallest absolute Gasteiger partial charge is 0.150 e. The van der Waals surface area contributed by atoms with Crippen molar-refractivity contribution in [2.24, 2.45) is 0 Å². The van der Waals surface area contributed by atoms with E-state index in [1.165, 1.54) is 0 Å². The summed E-state index contributed by atoms with van der Waals surface area (Å²) in [7, 11) is 0. The van der Waals surface area contributed by atoms with Crippen molar-refractivity contribution < 1.29 is 9.47 Å². The highest BCUT2D eigenvalue weighted by atomic mass is 35.5. The van der Waals surface area contributed by atoms with Crippen LogP contribution in [-0.4, -0.2) is 39.6 Å². The van der Waals surface area contributed by atoms with Gasteiger partial charge in [0.1, 0.15) is 5.15 Å². The highest BCUT2D eigenvalue weighted by Gasteiger charge is 2.26. The number of benzene rings is 1. The van der Waals surface area contributed by atoms with Crippen molar-refractivity contribution in [1.29, 1.82) is 0 Å². The number of ether oxygens (including phenoxy) is 2. The van der Waals surface area contributed by atoms with Crippen LogP contribution in [0.2, 0.25) is 5.15 Å². The summed E-state index contributed by atoms with van der Waals surface area (Å²) in [5, 5.41) is 8.39. The minimum Gasteiger partial charge on any atom is -0.381 e. The topological polar surface area (TPSA) is 62.1 Å². The molecule has 0 spiro atoms. The summed E-state index contributed by atoms with van der Waals surface area (Å²) in [6.07, 6.45) is 8.93. The quantitative estimate of drug-likeness (QED) is 0.339. The Morgan fingerprint density at radius 3 is 2.70 bits per heavy atom. The van der Waals surface area contributed by atoms with Crippen LogP contribution in [0, 0.1) is 6.92 Å².